The quantitative estimate of drug-likeness (QED) is 0.141. The van der Waals surface area contributed by atoms with E-state index >= 15 is 0 Å². The molecule has 1 aromatic heterocycles. The van der Waals surface area contributed by atoms with Gasteiger partial charge < -0.3 is 24.1 Å². The first-order valence-corrected chi connectivity index (χ1v) is 15.2. The maximum Gasteiger partial charge on any atom is 0.338 e. The molecule has 1 atom stereocenters. The van der Waals surface area contributed by atoms with Gasteiger partial charge in [0.25, 0.3) is 11.2 Å². The predicted octanol–water partition coefficient (Wildman–Crippen LogP) is 4.51. The summed E-state index contributed by atoms with van der Waals surface area (Å²) in [5.74, 6) is -0.0847. The Balaban J connectivity index is 1.66. The second-order valence-electron chi connectivity index (χ2n) is 10.0. The van der Waals surface area contributed by atoms with E-state index in [9.17, 15) is 24.8 Å². The van der Waals surface area contributed by atoms with E-state index in [1.807, 2.05) is 30.3 Å². The third kappa shape index (κ3) is 6.35. The smallest absolute Gasteiger partial charge is 0.338 e. The number of phenols is 1. The topological polar surface area (TPSA) is 152 Å². The van der Waals surface area contributed by atoms with Crippen LogP contribution < -0.4 is 29.1 Å². The Bertz CT molecular complexity index is 2020. The van der Waals surface area contributed by atoms with E-state index < -0.39 is 22.5 Å². The lowest BCUT2D eigenvalue weighted by Gasteiger charge is -2.22. The molecule has 0 saturated heterocycles. The molecule has 0 amide bonds. The summed E-state index contributed by atoms with van der Waals surface area (Å²) in [5.41, 5.74) is 1.17. The Morgan fingerprint density at radius 3 is 2.48 bits per heavy atom. The zero-order valence-corrected chi connectivity index (χ0v) is 26.3. The molecule has 13 heteroatoms. The number of esters is 1. The highest BCUT2D eigenvalue weighted by Gasteiger charge is 2.32. The second kappa shape index (κ2) is 13.7. The van der Waals surface area contributed by atoms with Gasteiger partial charge in [0, 0.05) is 5.70 Å². The highest BCUT2D eigenvalue weighted by atomic mass is 32.1. The molecule has 46 heavy (non-hydrogen) atoms. The monoisotopic (exact) mass is 645 g/mol. The van der Waals surface area contributed by atoms with Crippen LogP contribution in [0.1, 0.15) is 43.5 Å². The zero-order chi connectivity index (χ0) is 33.0. The summed E-state index contributed by atoms with van der Waals surface area (Å²) in [6.07, 6.45) is 1.41. The van der Waals surface area contributed by atoms with Gasteiger partial charge in [-0.1, -0.05) is 47.7 Å². The lowest BCUT2D eigenvalue weighted by molar-refractivity contribution is -0.385. The number of allylic oxidation sites excluding steroid dienone is 1. The zero-order valence-electron chi connectivity index (χ0n) is 25.5. The lowest BCUT2D eigenvalue weighted by atomic mass is 9.96. The number of nitro groups is 1. The molecular formula is C33H31N3O9S. The van der Waals surface area contributed by atoms with Crippen molar-refractivity contribution in [3.8, 4) is 23.0 Å². The van der Waals surface area contributed by atoms with Crippen molar-refractivity contribution in [2.24, 2.45) is 4.99 Å². The van der Waals surface area contributed by atoms with E-state index in [1.54, 1.807) is 32.9 Å². The number of nitrogens with zero attached hydrogens (tertiary/aromatic N) is 3. The van der Waals surface area contributed by atoms with Gasteiger partial charge in [0.1, 0.15) is 12.6 Å². The Hall–Kier alpha value is -5.43. The van der Waals surface area contributed by atoms with Crippen LogP contribution in [0.15, 0.2) is 76.0 Å². The summed E-state index contributed by atoms with van der Waals surface area (Å²) in [7, 11) is 1.40. The van der Waals surface area contributed by atoms with E-state index in [2.05, 4.69) is 0 Å². The first-order valence-electron chi connectivity index (χ1n) is 14.3. The van der Waals surface area contributed by atoms with Crippen LogP contribution in [0.25, 0.3) is 11.8 Å². The van der Waals surface area contributed by atoms with Crippen molar-refractivity contribution in [1.29, 1.82) is 0 Å². The van der Waals surface area contributed by atoms with Gasteiger partial charge in [-0.05, 0) is 56.2 Å². The number of fused-ring (bicyclic) bond motifs is 1. The van der Waals surface area contributed by atoms with Crippen molar-refractivity contribution in [1.82, 2.24) is 4.57 Å². The van der Waals surface area contributed by atoms with Gasteiger partial charge in [0.15, 0.2) is 27.8 Å². The molecule has 1 aliphatic heterocycles. The average Bonchev–Trinajstić information content (AvgIpc) is 3.35. The van der Waals surface area contributed by atoms with Crippen molar-refractivity contribution >= 4 is 34.8 Å². The summed E-state index contributed by atoms with van der Waals surface area (Å²) in [6.45, 7) is 5.61. The summed E-state index contributed by atoms with van der Waals surface area (Å²) < 4.78 is 23.7. The molecule has 0 saturated carbocycles. The van der Waals surface area contributed by atoms with Crippen molar-refractivity contribution < 1.29 is 33.8 Å². The molecule has 12 nitrogen and oxygen atoms in total. The summed E-state index contributed by atoms with van der Waals surface area (Å²) in [4.78, 5) is 43.6. The number of hydrogen-bond donors (Lipinski definition) is 1. The SMILES string of the molecule is CCOC(=O)C1=C(C)n2c(s/c(=C\c3cc(OCC)c(OCc4ccccc4)cc3[N+](=O)[O-])c2=O)=N[C@@H]1c1ccc(O)c(OC)c1. The van der Waals surface area contributed by atoms with Crippen LogP contribution >= 0.6 is 11.3 Å². The minimum Gasteiger partial charge on any atom is -0.504 e. The molecule has 0 radical (unpaired) electrons. The summed E-state index contributed by atoms with van der Waals surface area (Å²) in [5, 5.41) is 22.3. The van der Waals surface area contributed by atoms with Gasteiger partial charge in [-0.3, -0.25) is 19.5 Å². The average molecular weight is 646 g/mol. The Kier molecular flexibility index (Phi) is 9.52. The molecule has 5 rings (SSSR count). The van der Waals surface area contributed by atoms with E-state index in [4.69, 9.17) is 23.9 Å². The highest BCUT2D eigenvalue weighted by molar-refractivity contribution is 7.07. The fourth-order valence-electron chi connectivity index (χ4n) is 5.02. The molecule has 0 fully saturated rings. The van der Waals surface area contributed by atoms with E-state index in [1.165, 1.54) is 36.0 Å². The molecular weight excluding hydrogens is 614 g/mol. The van der Waals surface area contributed by atoms with Crippen molar-refractivity contribution in [2.45, 2.75) is 33.4 Å². The Morgan fingerprint density at radius 1 is 1.07 bits per heavy atom. The van der Waals surface area contributed by atoms with Crippen LogP contribution in [0.2, 0.25) is 0 Å². The fraction of sp³-hybridized carbons (Fsp3) is 0.242. The van der Waals surface area contributed by atoms with Gasteiger partial charge >= 0.3 is 5.97 Å². The number of methoxy groups -OCH3 is 1. The van der Waals surface area contributed by atoms with E-state index in [-0.39, 0.29) is 69.0 Å². The largest absolute Gasteiger partial charge is 0.504 e. The molecule has 0 unspecified atom stereocenters. The first kappa shape index (κ1) is 32.0. The van der Waals surface area contributed by atoms with Gasteiger partial charge in [0.2, 0.25) is 0 Å². The maximum atomic E-state index is 13.8. The molecule has 0 spiro atoms. The predicted molar refractivity (Wildman–Crippen MR) is 171 cm³/mol. The van der Waals surface area contributed by atoms with Crippen LogP contribution in [-0.2, 0) is 16.1 Å². The number of carbonyl (C=O) groups is 1. The minimum absolute atomic E-state index is 0.0881. The number of rotatable bonds is 11. The number of thiazole rings is 1. The number of hydrogen-bond acceptors (Lipinski definition) is 11. The van der Waals surface area contributed by atoms with Crippen LogP contribution in [0.3, 0.4) is 0 Å². The first-order chi connectivity index (χ1) is 22.2. The Labute approximate surface area is 267 Å². The van der Waals surface area contributed by atoms with Gasteiger partial charge in [-0.15, -0.1) is 0 Å². The van der Waals surface area contributed by atoms with Crippen molar-refractivity contribution in [2.75, 3.05) is 20.3 Å². The fourth-order valence-corrected chi connectivity index (χ4v) is 6.05. The number of aromatic hydroxyl groups is 1. The molecule has 3 aromatic carbocycles. The van der Waals surface area contributed by atoms with E-state index in [0.29, 0.717) is 11.3 Å². The third-order valence-corrected chi connectivity index (χ3v) is 8.16. The molecule has 4 aromatic rings. The standard InChI is InChI=1S/C33H31N3O9S/c1-5-43-26-15-22(23(36(40)41)17-27(26)45-18-20-10-8-7-9-11-20)16-28-31(38)35-19(3)29(32(39)44-6-2)30(34-33(35)46-28)21-12-13-24(37)25(14-21)42-4/h7-17,30,37H,5-6,18H2,1-4H3/b28-16-/t30-/m1/s1. The van der Waals surface area contributed by atoms with Crippen molar-refractivity contribution in [3.63, 3.8) is 0 Å². The molecule has 2 heterocycles. The maximum absolute atomic E-state index is 13.8. The molecule has 0 bridgehead atoms. The lowest BCUT2D eigenvalue weighted by Crippen LogP contribution is -2.35. The van der Waals surface area contributed by atoms with Crippen LogP contribution in [0.4, 0.5) is 5.69 Å². The van der Waals surface area contributed by atoms with Crippen LogP contribution in [0, 0.1) is 10.1 Å². The van der Waals surface area contributed by atoms with Crippen molar-refractivity contribution in [3.05, 3.63) is 113 Å². The molecule has 1 N–H and O–H groups in total. The summed E-state index contributed by atoms with van der Waals surface area (Å²) >= 11 is 1.02. The number of nitro benzene ring substituents is 1. The number of benzene rings is 3. The normalized spacial score (nSPS) is 14.3. The summed E-state index contributed by atoms with van der Waals surface area (Å²) in [6, 6.07) is 15.8. The van der Waals surface area contributed by atoms with Gasteiger partial charge in [-0.25, -0.2) is 9.79 Å². The molecule has 238 valence electrons. The number of phenolic OH excluding ortho intramolecular Hbond substituents is 1. The van der Waals surface area contributed by atoms with E-state index in [0.717, 1.165) is 16.9 Å². The van der Waals surface area contributed by atoms with Crippen LogP contribution in [0.5, 0.6) is 23.0 Å². The number of ether oxygens (including phenoxy) is 4. The molecule has 0 aliphatic carbocycles. The number of aromatic nitrogens is 1. The number of carbonyl (C=O) groups excluding carboxylic acids is 1. The van der Waals surface area contributed by atoms with Gasteiger partial charge in [0.05, 0.1) is 47.0 Å². The molecule has 1 aliphatic rings. The Morgan fingerprint density at radius 2 is 1.80 bits per heavy atom. The highest BCUT2D eigenvalue weighted by Crippen LogP contribution is 2.38. The van der Waals surface area contributed by atoms with Gasteiger partial charge in [-0.2, -0.15) is 0 Å². The second-order valence-corrected chi connectivity index (χ2v) is 11.0. The minimum atomic E-state index is -0.876. The van der Waals surface area contributed by atoms with Crippen LogP contribution in [-0.4, -0.2) is 40.9 Å². The third-order valence-electron chi connectivity index (χ3n) is 7.17.